The van der Waals surface area contributed by atoms with E-state index in [1.54, 1.807) is 12.1 Å². The van der Waals surface area contributed by atoms with E-state index in [0.29, 0.717) is 0 Å². The second-order valence-corrected chi connectivity index (χ2v) is 4.79. The molecule has 106 valence electrons. The topological polar surface area (TPSA) is 15.3 Å². The van der Waals surface area contributed by atoms with Gasteiger partial charge < -0.3 is 10.2 Å². The lowest BCUT2D eigenvalue weighted by Gasteiger charge is -2.24. The fraction of sp³-hybridized carbons (Fsp3) is 0.294. The smallest absolute Gasteiger partial charge is 0.125 e. The molecule has 0 atom stereocenters. The molecule has 0 aromatic heterocycles. The van der Waals surface area contributed by atoms with Crippen molar-refractivity contribution in [2.45, 2.75) is 20.0 Å². The number of rotatable bonds is 6. The quantitative estimate of drug-likeness (QED) is 0.865. The highest BCUT2D eigenvalue weighted by Gasteiger charge is 2.08. The summed E-state index contributed by atoms with van der Waals surface area (Å²) in [5.41, 5.74) is 3.48. The molecule has 0 aliphatic heterocycles. The molecule has 0 aliphatic rings. The van der Waals surface area contributed by atoms with E-state index in [0.717, 1.165) is 25.3 Å². The molecule has 0 amide bonds. The molecule has 0 unspecified atom stereocenters. The standard InChI is InChI=1S/C17H21FN2/c1-3-20(17-10-6-9-16(18)11-17)13-15-8-5-4-7-14(15)12-19-2/h4-11,19H,3,12-13H2,1-2H3. The SMILES string of the molecule is CCN(Cc1ccccc1CNC)c1cccc(F)c1. The van der Waals surface area contributed by atoms with Crippen molar-refractivity contribution in [3.05, 3.63) is 65.5 Å². The van der Waals surface area contributed by atoms with Gasteiger partial charge in [0.1, 0.15) is 5.82 Å². The molecule has 0 radical (unpaired) electrons. The zero-order chi connectivity index (χ0) is 14.4. The molecule has 0 bridgehead atoms. The normalized spacial score (nSPS) is 10.6. The zero-order valence-corrected chi connectivity index (χ0v) is 12.1. The van der Waals surface area contributed by atoms with E-state index in [2.05, 4.69) is 35.3 Å². The lowest BCUT2D eigenvalue weighted by molar-refractivity contribution is 0.626. The summed E-state index contributed by atoms with van der Waals surface area (Å²) in [6.07, 6.45) is 0. The Hall–Kier alpha value is -1.87. The highest BCUT2D eigenvalue weighted by Crippen LogP contribution is 2.19. The molecule has 0 saturated carbocycles. The minimum absolute atomic E-state index is 0.190. The lowest BCUT2D eigenvalue weighted by Crippen LogP contribution is -2.23. The van der Waals surface area contributed by atoms with Gasteiger partial charge in [0.25, 0.3) is 0 Å². The molecule has 2 nitrogen and oxygen atoms in total. The Bertz CT molecular complexity index is 554. The number of benzene rings is 2. The predicted octanol–water partition coefficient (Wildman–Crippen LogP) is 3.57. The Morgan fingerprint density at radius 1 is 1.05 bits per heavy atom. The average Bonchev–Trinajstić information content (AvgIpc) is 2.46. The van der Waals surface area contributed by atoms with Gasteiger partial charge in [0.05, 0.1) is 0 Å². The third kappa shape index (κ3) is 3.58. The van der Waals surface area contributed by atoms with Gasteiger partial charge in [-0.2, -0.15) is 0 Å². The maximum Gasteiger partial charge on any atom is 0.125 e. The van der Waals surface area contributed by atoms with Crippen molar-refractivity contribution in [1.29, 1.82) is 0 Å². The van der Waals surface area contributed by atoms with E-state index < -0.39 is 0 Å². The van der Waals surface area contributed by atoms with E-state index in [-0.39, 0.29) is 5.82 Å². The molecule has 0 spiro atoms. The molecule has 0 aliphatic carbocycles. The maximum absolute atomic E-state index is 13.4. The summed E-state index contributed by atoms with van der Waals surface area (Å²) in [7, 11) is 1.95. The van der Waals surface area contributed by atoms with Crippen LogP contribution < -0.4 is 10.2 Å². The third-order valence-corrected chi connectivity index (χ3v) is 3.40. The van der Waals surface area contributed by atoms with Crippen LogP contribution in [0.25, 0.3) is 0 Å². The molecule has 0 fully saturated rings. The third-order valence-electron chi connectivity index (χ3n) is 3.40. The first-order valence-corrected chi connectivity index (χ1v) is 6.96. The molecule has 1 N–H and O–H groups in total. The van der Waals surface area contributed by atoms with Crippen molar-refractivity contribution >= 4 is 5.69 Å². The van der Waals surface area contributed by atoms with E-state index in [4.69, 9.17) is 0 Å². The predicted molar refractivity (Wildman–Crippen MR) is 82.3 cm³/mol. The fourth-order valence-corrected chi connectivity index (χ4v) is 2.34. The maximum atomic E-state index is 13.4. The van der Waals surface area contributed by atoms with Crippen LogP contribution >= 0.6 is 0 Å². The molecule has 2 rings (SSSR count). The van der Waals surface area contributed by atoms with Gasteiger partial charge in [0.15, 0.2) is 0 Å². The van der Waals surface area contributed by atoms with E-state index in [1.807, 2.05) is 19.2 Å². The van der Waals surface area contributed by atoms with Gasteiger partial charge in [-0.05, 0) is 43.3 Å². The van der Waals surface area contributed by atoms with Crippen molar-refractivity contribution in [3.8, 4) is 0 Å². The number of nitrogens with zero attached hydrogens (tertiary/aromatic N) is 1. The molecule has 3 heteroatoms. The molecule has 2 aromatic carbocycles. The highest BCUT2D eigenvalue weighted by molar-refractivity contribution is 5.47. The van der Waals surface area contributed by atoms with Crippen molar-refractivity contribution < 1.29 is 4.39 Å². The summed E-state index contributed by atoms with van der Waals surface area (Å²) in [4.78, 5) is 2.18. The van der Waals surface area contributed by atoms with E-state index in [1.165, 1.54) is 17.2 Å². The molecular formula is C17H21FN2. The summed E-state index contributed by atoms with van der Waals surface area (Å²) >= 11 is 0. The molecule has 0 heterocycles. The van der Waals surface area contributed by atoms with Gasteiger partial charge in [-0.1, -0.05) is 30.3 Å². The van der Waals surface area contributed by atoms with Crippen LogP contribution in [0.5, 0.6) is 0 Å². The first-order valence-electron chi connectivity index (χ1n) is 6.96. The van der Waals surface area contributed by atoms with Crippen molar-refractivity contribution in [3.63, 3.8) is 0 Å². The second-order valence-electron chi connectivity index (χ2n) is 4.79. The zero-order valence-electron chi connectivity index (χ0n) is 12.1. The van der Waals surface area contributed by atoms with Gasteiger partial charge in [-0.3, -0.25) is 0 Å². The number of hydrogen-bond acceptors (Lipinski definition) is 2. The van der Waals surface area contributed by atoms with Crippen LogP contribution in [0.15, 0.2) is 48.5 Å². The second kappa shape index (κ2) is 7.06. The molecule has 0 saturated heterocycles. The lowest BCUT2D eigenvalue weighted by atomic mass is 10.1. The first kappa shape index (κ1) is 14.5. The Morgan fingerprint density at radius 2 is 1.80 bits per heavy atom. The number of anilines is 1. The van der Waals surface area contributed by atoms with Gasteiger partial charge in [0, 0.05) is 25.3 Å². The van der Waals surface area contributed by atoms with Crippen LogP contribution in [-0.4, -0.2) is 13.6 Å². The number of nitrogens with one attached hydrogen (secondary N) is 1. The molecule has 20 heavy (non-hydrogen) atoms. The van der Waals surface area contributed by atoms with Gasteiger partial charge in [0.2, 0.25) is 0 Å². The van der Waals surface area contributed by atoms with Crippen LogP contribution in [-0.2, 0) is 13.1 Å². The van der Waals surface area contributed by atoms with E-state index >= 15 is 0 Å². The van der Waals surface area contributed by atoms with E-state index in [9.17, 15) is 4.39 Å². The molecular weight excluding hydrogens is 251 g/mol. The summed E-state index contributed by atoms with van der Waals surface area (Å²) in [6.45, 7) is 4.57. The average molecular weight is 272 g/mol. The summed E-state index contributed by atoms with van der Waals surface area (Å²) < 4.78 is 13.4. The number of hydrogen-bond donors (Lipinski definition) is 1. The number of halogens is 1. The van der Waals surface area contributed by atoms with Crippen LogP contribution in [0.4, 0.5) is 10.1 Å². The van der Waals surface area contributed by atoms with Gasteiger partial charge >= 0.3 is 0 Å². The summed E-state index contributed by atoms with van der Waals surface area (Å²) in [6, 6.07) is 15.1. The van der Waals surface area contributed by atoms with Crippen LogP contribution in [0.1, 0.15) is 18.1 Å². The first-order chi connectivity index (χ1) is 9.74. The Balaban J connectivity index is 2.22. The largest absolute Gasteiger partial charge is 0.367 e. The monoisotopic (exact) mass is 272 g/mol. The van der Waals surface area contributed by atoms with Crippen LogP contribution in [0, 0.1) is 5.82 Å². The van der Waals surface area contributed by atoms with Crippen molar-refractivity contribution in [1.82, 2.24) is 5.32 Å². The Kier molecular flexibility index (Phi) is 5.13. The van der Waals surface area contributed by atoms with Crippen molar-refractivity contribution in [2.75, 3.05) is 18.5 Å². The summed E-state index contributed by atoms with van der Waals surface area (Å²) in [5, 5.41) is 3.19. The summed E-state index contributed by atoms with van der Waals surface area (Å²) in [5.74, 6) is -0.190. The highest BCUT2D eigenvalue weighted by atomic mass is 19.1. The van der Waals surface area contributed by atoms with Crippen molar-refractivity contribution in [2.24, 2.45) is 0 Å². The minimum atomic E-state index is -0.190. The van der Waals surface area contributed by atoms with Crippen LogP contribution in [0.2, 0.25) is 0 Å². The van der Waals surface area contributed by atoms with Gasteiger partial charge in [-0.15, -0.1) is 0 Å². The minimum Gasteiger partial charge on any atom is -0.367 e. The van der Waals surface area contributed by atoms with Gasteiger partial charge in [-0.25, -0.2) is 4.39 Å². The Morgan fingerprint density at radius 3 is 2.45 bits per heavy atom. The Labute approximate surface area is 120 Å². The molecule has 2 aromatic rings. The van der Waals surface area contributed by atoms with Crippen LogP contribution in [0.3, 0.4) is 0 Å². The fourth-order valence-electron chi connectivity index (χ4n) is 2.34.